The van der Waals surface area contributed by atoms with Crippen molar-refractivity contribution in [2.75, 3.05) is 20.7 Å². The lowest BCUT2D eigenvalue weighted by atomic mass is 10.2. The average molecular weight is 186 g/mol. The molecule has 1 heterocycles. The third kappa shape index (κ3) is 2.57. The summed E-state index contributed by atoms with van der Waals surface area (Å²) in [6.45, 7) is 0.719. The smallest absolute Gasteiger partial charge is 0.0575 e. The zero-order valence-corrected chi connectivity index (χ0v) is 8.17. The molecule has 0 fully saturated rings. The lowest BCUT2D eigenvalue weighted by Gasteiger charge is -2.17. The van der Waals surface area contributed by atoms with Gasteiger partial charge in [-0.05, 0) is 11.4 Å². The van der Waals surface area contributed by atoms with Crippen molar-refractivity contribution < 1.29 is 4.84 Å². The molecule has 68 valence electrons. The van der Waals surface area contributed by atoms with Crippen molar-refractivity contribution in [1.29, 1.82) is 0 Å². The minimum atomic E-state index is 0.0509. The minimum absolute atomic E-state index is 0.0509. The molecule has 4 heteroatoms. The SMILES string of the molecule is CON(C)CC(N)c1cccs1. The lowest BCUT2D eigenvalue weighted by molar-refractivity contribution is -0.112. The van der Waals surface area contributed by atoms with E-state index >= 15 is 0 Å². The van der Waals surface area contributed by atoms with E-state index < -0.39 is 0 Å². The van der Waals surface area contributed by atoms with E-state index in [9.17, 15) is 0 Å². The Morgan fingerprint density at radius 1 is 1.75 bits per heavy atom. The van der Waals surface area contributed by atoms with Crippen LogP contribution in [0.1, 0.15) is 10.9 Å². The Bertz CT molecular complexity index is 213. The summed E-state index contributed by atoms with van der Waals surface area (Å²) in [7, 11) is 3.51. The van der Waals surface area contributed by atoms with Crippen molar-refractivity contribution in [2.24, 2.45) is 5.73 Å². The van der Waals surface area contributed by atoms with E-state index in [0.29, 0.717) is 0 Å². The van der Waals surface area contributed by atoms with Gasteiger partial charge in [-0.3, -0.25) is 0 Å². The molecule has 0 spiro atoms. The largest absolute Gasteiger partial charge is 0.322 e. The topological polar surface area (TPSA) is 38.5 Å². The zero-order chi connectivity index (χ0) is 8.97. The molecule has 0 aliphatic carbocycles. The molecule has 1 aromatic heterocycles. The van der Waals surface area contributed by atoms with Gasteiger partial charge in [0.1, 0.15) is 0 Å². The Morgan fingerprint density at radius 3 is 3.00 bits per heavy atom. The van der Waals surface area contributed by atoms with Crippen LogP contribution in [0.5, 0.6) is 0 Å². The molecular weight excluding hydrogens is 172 g/mol. The van der Waals surface area contributed by atoms with Crippen LogP contribution in [-0.4, -0.2) is 25.8 Å². The molecule has 0 radical (unpaired) electrons. The molecule has 0 saturated heterocycles. The van der Waals surface area contributed by atoms with E-state index in [2.05, 4.69) is 0 Å². The molecule has 0 aromatic carbocycles. The van der Waals surface area contributed by atoms with Crippen LogP contribution in [0.2, 0.25) is 0 Å². The summed E-state index contributed by atoms with van der Waals surface area (Å²) in [5.41, 5.74) is 5.90. The van der Waals surface area contributed by atoms with E-state index in [4.69, 9.17) is 10.6 Å². The van der Waals surface area contributed by atoms with Gasteiger partial charge in [-0.2, -0.15) is 5.06 Å². The van der Waals surface area contributed by atoms with Gasteiger partial charge in [0.2, 0.25) is 0 Å². The van der Waals surface area contributed by atoms with Gasteiger partial charge in [-0.15, -0.1) is 11.3 Å². The third-order valence-corrected chi connectivity index (χ3v) is 2.68. The fourth-order valence-electron chi connectivity index (χ4n) is 0.944. The first-order valence-corrected chi connectivity index (χ1v) is 4.66. The van der Waals surface area contributed by atoms with Gasteiger partial charge in [0.05, 0.1) is 13.2 Å². The third-order valence-electron chi connectivity index (χ3n) is 1.67. The molecule has 0 amide bonds. The van der Waals surface area contributed by atoms with Crippen LogP contribution in [-0.2, 0) is 4.84 Å². The highest BCUT2D eigenvalue weighted by atomic mass is 32.1. The lowest BCUT2D eigenvalue weighted by Crippen LogP contribution is -2.27. The number of hydrogen-bond donors (Lipinski definition) is 1. The van der Waals surface area contributed by atoms with E-state index in [1.807, 2.05) is 24.6 Å². The van der Waals surface area contributed by atoms with Crippen molar-refractivity contribution in [3.8, 4) is 0 Å². The molecule has 0 aliphatic rings. The molecule has 1 atom stereocenters. The van der Waals surface area contributed by atoms with Gasteiger partial charge in [0.15, 0.2) is 0 Å². The zero-order valence-electron chi connectivity index (χ0n) is 7.36. The Labute approximate surface area is 76.7 Å². The van der Waals surface area contributed by atoms with Crippen LogP contribution in [0.3, 0.4) is 0 Å². The number of hydroxylamine groups is 2. The molecule has 12 heavy (non-hydrogen) atoms. The van der Waals surface area contributed by atoms with Crippen LogP contribution >= 0.6 is 11.3 Å². The maximum Gasteiger partial charge on any atom is 0.0575 e. The Balaban J connectivity index is 2.44. The number of nitrogens with zero attached hydrogens (tertiary/aromatic N) is 1. The van der Waals surface area contributed by atoms with Crippen LogP contribution in [0, 0.1) is 0 Å². The summed E-state index contributed by atoms with van der Waals surface area (Å²) in [5.74, 6) is 0. The Kier molecular flexibility index (Phi) is 3.68. The van der Waals surface area contributed by atoms with Gasteiger partial charge in [0.25, 0.3) is 0 Å². The highest BCUT2D eigenvalue weighted by Crippen LogP contribution is 2.16. The van der Waals surface area contributed by atoms with E-state index in [1.54, 1.807) is 23.5 Å². The van der Waals surface area contributed by atoms with E-state index in [-0.39, 0.29) is 6.04 Å². The molecule has 1 aromatic rings. The van der Waals surface area contributed by atoms with Crippen molar-refractivity contribution in [2.45, 2.75) is 6.04 Å². The van der Waals surface area contributed by atoms with Crippen molar-refractivity contribution in [3.05, 3.63) is 22.4 Å². The maximum absolute atomic E-state index is 5.90. The van der Waals surface area contributed by atoms with Crippen LogP contribution in [0.15, 0.2) is 17.5 Å². The van der Waals surface area contributed by atoms with Gasteiger partial charge < -0.3 is 10.6 Å². The molecule has 2 N–H and O–H groups in total. The normalized spacial score (nSPS) is 13.7. The number of rotatable bonds is 4. The summed E-state index contributed by atoms with van der Waals surface area (Å²) >= 11 is 1.68. The number of likely N-dealkylation sites (N-methyl/N-ethyl adjacent to an activating group) is 1. The van der Waals surface area contributed by atoms with Crippen LogP contribution in [0.25, 0.3) is 0 Å². The molecule has 1 rings (SSSR count). The first kappa shape index (κ1) is 9.67. The van der Waals surface area contributed by atoms with Gasteiger partial charge in [-0.1, -0.05) is 6.07 Å². The Morgan fingerprint density at radius 2 is 2.50 bits per heavy atom. The van der Waals surface area contributed by atoms with Crippen molar-refractivity contribution in [3.63, 3.8) is 0 Å². The average Bonchev–Trinajstić information content (AvgIpc) is 2.56. The maximum atomic E-state index is 5.90. The predicted octanol–water partition coefficient (Wildman–Crippen LogP) is 1.24. The summed E-state index contributed by atoms with van der Waals surface area (Å²) in [6, 6.07) is 4.10. The second-order valence-electron chi connectivity index (χ2n) is 2.61. The highest BCUT2D eigenvalue weighted by Gasteiger charge is 2.08. The van der Waals surface area contributed by atoms with E-state index in [1.165, 1.54) is 4.88 Å². The molecular formula is C8H14N2OS. The summed E-state index contributed by atoms with van der Waals surface area (Å²) in [4.78, 5) is 6.17. The number of thiophene rings is 1. The van der Waals surface area contributed by atoms with E-state index in [0.717, 1.165) is 6.54 Å². The fourth-order valence-corrected chi connectivity index (χ4v) is 1.66. The standard InChI is InChI=1S/C8H14N2OS/c1-10(11-2)6-7(9)8-4-3-5-12-8/h3-5,7H,6,9H2,1-2H3. The van der Waals surface area contributed by atoms with Crippen LogP contribution in [0.4, 0.5) is 0 Å². The highest BCUT2D eigenvalue weighted by molar-refractivity contribution is 7.10. The number of hydrogen-bond acceptors (Lipinski definition) is 4. The first-order chi connectivity index (χ1) is 5.74. The van der Waals surface area contributed by atoms with Gasteiger partial charge in [-0.25, -0.2) is 0 Å². The van der Waals surface area contributed by atoms with Gasteiger partial charge >= 0.3 is 0 Å². The predicted molar refractivity (Wildman–Crippen MR) is 50.9 cm³/mol. The monoisotopic (exact) mass is 186 g/mol. The first-order valence-electron chi connectivity index (χ1n) is 3.78. The second-order valence-corrected chi connectivity index (χ2v) is 3.59. The summed E-state index contributed by atoms with van der Waals surface area (Å²) in [5, 5.41) is 3.76. The summed E-state index contributed by atoms with van der Waals surface area (Å²) < 4.78 is 0. The van der Waals surface area contributed by atoms with Crippen molar-refractivity contribution >= 4 is 11.3 Å². The summed E-state index contributed by atoms with van der Waals surface area (Å²) in [6.07, 6.45) is 0. The van der Waals surface area contributed by atoms with Crippen LogP contribution < -0.4 is 5.73 Å². The molecule has 3 nitrogen and oxygen atoms in total. The molecule has 0 bridgehead atoms. The van der Waals surface area contributed by atoms with Gasteiger partial charge in [0, 0.05) is 18.5 Å². The minimum Gasteiger partial charge on any atom is -0.322 e. The quantitative estimate of drug-likeness (QED) is 0.719. The number of nitrogens with two attached hydrogens (primary N) is 1. The Hall–Kier alpha value is -0.420. The second kappa shape index (κ2) is 4.57. The van der Waals surface area contributed by atoms with Crippen molar-refractivity contribution in [1.82, 2.24) is 5.06 Å². The molecule has 0 aliphatic heterocycles. The molecule has 0 saturated carbocycles. The molecule has 1 unspecified atom stereocenters. The fraction of sp³-hybridized carbons (Fsp3) is 0.500.